The first kappa shape index (κ1) is 71.6. The highest BCUT2D eigenvalue weighted by atomic mass is 16.8. The molecule has 0 aromatic heterocycles. The van der Waals surface area contributed by atoms with Gasteiger partial charge in [0.05, 0.1) is 40.1 Å². The number of aliphatic hydroxyl groups is 1. The molecular weight excluding hydrogens is 1230 g/mol. The van der Waals surface area contributed by atoms with Crippen LogP contribution in [-0.4, -0.2) is 208 Å². The second-order valence-corrected chi connectivity index (χ2v) is 22.5. The highest BCUT2D eigenvalue weighted by molar-refractivity contribution is 5.76. The van der Waals surface area contributed by atoms with E-state index in [0.717, 1.165) is 30.7 Å². The lowest BCUT2D eigenvalue weighted by molar-refractivity contribution is -0.391. The topological polar surface area (TPSA) is 273 Å². The lowest BCUT2D eigenvalue weighted by Gasteiger charge is -2.51. The second-order valence-electron chi connectivity index (χ2n) is 22.5. The van der Waals surface area contributed by atoms with Crippen molar-refractivity contribution >= 4 is 23.9 Å². The monoisotopic (exact) mass is 1310 g/mol. The number of benzene rings is 5. The average Bonchev–Trinajstić information content (AvgIpc) is 0.768. The summed E-state index contributed by atoms with van der Waals surface area (Å²) in [5, 5.41) is 11.3. The molecule has 4 aliphatic heterocycles. The van der Waals surface area contributed by atoms with E-state index in [1.807, 2.05) is 103 Å². The highest BCUT2D eigenvalue weighted by Gasteiger charge is 2.60. The molecule has 4 fully saturated rings. The number of methoxy groups -OCH3 is 6. The fraction of sp³-hybridized carbons (Fsp3) is 0.507. The summed E-state index contributed by atoms with van der Waals surface area (Å²) in [6.45, 7) is 1.64. The molecule has 9 rings (SSSR count). The normalized spacial score (nSPS) is 31.0. The van der Waals surface area contributed by atoms with E-state index in [-0.39, 0.29) is 39.6 Å². The van der Waals surface area contributed by atoms with Gasteiger partial charge in [0.1, 0.15) is 92.6 Å². The van der Waals surface area contributed by atoms with Crippen molar-refractivity contribution < 1.29 is 119 Å². The van der Waals surface area contributed by atoms with E-state index in [1.54, 1.807) is 48.5 Å². The molecule has 4 saturated heterocycles. The van der Waals surface area contributed by atoms with Crippen molar-refractivity contribution in [2.24, 2.45) is 0 Å². The maximum absolute atomic E-state index is 15.3. The molecule has 94 heavy (non-hydrogen) atoms. The van der Waals surface area contributed by atoms with Gasteiger partial charge in [-0.25, -0.2) is 9.59 Å². The number of carbonyl (C=O) groups excluding carboxylic acids is 4. The van der Waals surface area contributed by atoms with Crippen LogP contribution in [0.3, 0.4) is 0 Å². The van der Waals surface area contributed by atoms with Crippen LogP contribution in [0.25, 0.3) is 0 Å². The summed E-state index contributed by atoms with van der Waals surface area (Å²) in [5.74, 6) is -3.51. The summed E-state index contributed by atoms with van der Waals surface area (Å²) in [5.41, 5.74) is 3.86. The third-order valence-corrected chi connectivity index (χ3v) is 16.3. The van der Waals surface area contributed by atoms with Crippen LogP contribution >= 0.6 is 0 Å². The fourth-order valence-electron chi connectivity index (χ4n) is 11.7. The summed E-state index contributed by atoms with van der Waals surface area (Å²) in [4.78, 5) is 54.8. The second kappa shape index (κ2) is 35.9. The molecule has 5 aromatic rings. The Morgan fingerprint density at radius 2 is 0.766 bits per heavy atom. The molecule has 0 amide bonds. The van der Waals surface area contributed by atoms with E-state index in [1.165, 1.54) is 42.5 Å². The number of hydrogen-bond donors (Lipinski definition) is 1. The Balaban J connectivity index is 1.12. The molecule has 0 saturated carbocycles. The predicted molar refractivity (Wildman–Crippen MR) is 327 cm³/mol. The van der Waals surface area contributed by atoms with Crippen LogP contribution in [0.4, 0.5) is 0 Å². The fourth-order valence-corrected chi connectivity index (χ4v) is 11.7. The van der Waals surface area contributed by atoms with Crippen LogP contribution in [-0.2, 0) is 147 Å². The maximum Gasteiger partial charge on any atom is 0.338 e. The zero-order valence-electron chi connectivity index (χ0n) is 53.7. The number of hydrogen-bond acceptors (Lipinski definition) is 25. The summed E-state index contributed by atoms with van der Waals surface area (Å²) >= 11 is 0. The first-order chi connectivity index (χ1) is 45.7. The van der Waals surface area contributed by atoms with Crippen LogP contribution in [0.2, 0.25) is 0 Å². The van der Waals surface area contributed by atoms with Crippen LogP contribution in [0.15, 0.2) is 152 Å². The molecule has 0 bridgehead atoms. The molecule has 0 unspecified atom stereocenters. The molecule has 20 atom stereocenters. The van der Waals surface area contributed by atoms with Crippen molar-refractivity contribution in [3.63, 3.8) is 0 Å². The van der Waals surface area contributed by atoms with Crippen molar-refractivity contribution in [2.45, 2.75) is 170 Å². The summed E-state index contributed by atoms with van der Waals surface area (Å²) in [6.07, 6.45) is -28.1. The van der Waals surface area contributed by atoms with Crippen LogP contribution in [0.1, 0.15) is 41.7 Å². The number of ether oxygens (including phenoxy) is 20. The standard InChI is InChI=1S/C69H84O25/c1-41(70)82-40-49-52(91-67-60(77-5)53(75-3)50(72)54(92-67)64(73)79-7)57(87-42(2)71)63(85-37-46-30-20-12-21-31-46)69(89-49)93-58-55(76-4)61(78-6)68(94-59(58)65(74)86-38-47-32-22-13-23-33-47)90-51-48(39-81-34-43-24-14-9-15-25-43)88-66(80-8)62(84-36-45-28-18-11-19-29-45)56(51)83-35-44-26-16-10-17-27-44/h9-33,48-63,66-69,72H,34-40H2,1-8H3/t48-,49-,50+,51-,52-,53+,54+,55+,56+,57+,58+,59+,60-,61-,62-,63-,66+,67-,68-,69-/m1/s1. The molecule has 510 valence electrons. The van der Waals surface area contributed by atoms with Gasteiger partial charge in [0.15, 0.2) is 43.5 Å². The number of carbonyl (C=O) groups is 4. The lowest BCUT2D eigenvalue weighted by atomic mass is 9.94. The first-order valence-corrected chi connectivity index (χ1v) is 30.8. The van der Waals surface area contributed by atoms with Crippen LogP contribution in [0, 0.1) is 0 Å². The number of rotatable bonds is 31. The van der Waals surface area contributed by atoms with E-state index in [0.29, 0.717) is 11.1 Å². The van der Waals surface area contributed by atoms with Gasteiger partial charge in [0.25, 0.3) is 0 Å². The molecule has 1 N–H and O–H groups in total. The molecule has 4 heterocycles. The third-order valence-electron chi connectivity index (χ3n) is 16.3. The molecule has 25 heteroatoms. The van der Waals surface area contributed by atoms with Crippen molar-refractivity contribution in [1.82, 2.24) is 0 Å². The zero-order chi connectivity index (χ0) is 66.5. The first-order valence-electron chi connectivity index (χ1n) is 30.8. The number of esters is 4. The van der Waals surface area contributed by atoms with Crippen molar-refractivity contribution in [3.05, 3.63) is 179 Å². The third kappa shape index (κ3) is 18.6. The molecule has 5 aromatic carbocycles. The minimum Gasteiger partial charge on any atom is -0.467 e. The Morgan fingerprint density at radius 3 is 1.23 bits per heavy atom. The van der Waals surface area contributed by atoms with Gasteiger partial charge in [0, 0.05) is 49.4 Å². The largest absolute Gasteiger partial charge is 0.467 e. The predicted octanol–water partition coefficient (Wildman–Crippen LogP) is 5.49. The summed E-state index contributed by atoms with van der Waals surface area (Å²) in [6, 6.07) is 46.6. The Bertz CT molecular complexity index is 3060. The average molecular weight is 1310 g/mol. The molecule has 4 aliphatic rings. The molecule has 0 aliphatic carbocycles. The van der Waals surface area contributed by atoms with E-state index in [9.17, 15) is 19.5 Å². The van der Waals surface area contributed by atoms with E-state index < -0.39 is 153 Å². The van der Waals surface area contributed by atoms with Gasteiger partial charge < -0.3 is 99.8 Å². The van der Waals surface area contributed by atoms with Gasteiger partial charge >= 0.3 is 23.9 Å². The van der Waals surface area contributed by atoms with E-state index in [4.69, 9.17) is 94.7 Å². The Morgan fingerprint density at radius 1 is 0.362 bits per heavy atom. The van der Waals surface area contributed by atoms with Gasteiger partial charge in [-0.05, 0) is 27.8 Å². The van der Waals surface area contributed by atoms with Crippen LogP contribution < -0.4 is 0 Å². The van der Waals surface area contributed by atoms with Gasteiger partial charge in [0.2, 0.25) is 0 Å². The van der Waals surface area contributed by atoms with Gasteiger partial charge in [-0.3, -0.25) is 9.59 Å². The molecule has 25 nitrogen and oxygen atoms in total. The Kier molecular flexibility index (Phi) is 27.3. The quantitative estimate of drug-likeness (QED) is 0.0424. The van der Waals surface area contributed by atoms with E-state index >= 15 is 4.79 Å². The maximum atomic E-state index is 15.3. The Labute approximate surface area is 546 Å². The minimum absolute atomic E-state index is 0.0751. The molecular formula is C69H84O25. The number of aliphatic hydroxyl groups excluding tert-OH is 1. The van der Waals surface area contributed by atoms with E-state index in [2.05, 4.69) is 0 Å². The SMILES string of the molecule is COC(=O)[C@H]1O[C@@H](O[C@H]2[C@H](OC(C)=O)[C@@H](OCc3ccccc3)[C@@H](O[C@H]3[C@H](OC)[C@@H](OC)[C@H](O[C@H]4[C@H](OCc5ccccc5)[C@@H](OCc5ccccc5)[C@@H](OC)O[C@@H]4COCc4ccccc4)O[C@@H]3C(=O)OCc3ccccc3)O[C@@H]2COC(C)=O)[C@H](OC)[C@@H](OC)[C@@H]1O. The van der Waals surface area contributed by atoms with Crippen molar-refractivity contribution in [2.75, 3.05) is 55.9 Å². The minimum atomic E-state index is -1.79. The van der Waals surface area contributed by atoms with Gasteiger partial charge in [-0.15, -0.1) is 0 Å². The summed E-state index contributed by atoms with van der Waals surface area (Å²) < 4.78 is 128. The molecule has 0 spiro atoms. The lowest BCUT2D eigenvalue weighted by Crippen LogP contribution is -2.69. The smallest absolute Gasteiger partial charge is 0.338 e. The van der Waals surface area contributed by atoms with Crippen LogP contribution in [0.5, 0.6) is 0 Å². The van der Waals surface area contributed by atoms with Crippen molar-refractivity contribution in [3.8, 4) is 0 Å². The highest BCUT2D eigenvalue weighted by Crippen LogP contribution is 2.40. The molecule has 0 radical (unpaired) electrons. The Hall–Kier alpha value is -6.70. The zero-order valence-corrected chi connectivity index (χ0v) is 53.7. The van der Waals surface area contributed by atoms with Crippen molar-refractivity contribution in [1.29, 1.82) is 0 Å². The summed E-state index contributed by atoms with van der Waals surface area (Å²) in [7, 11) is 7.96. The van der Waals surface area contributed by atoms with Gasteiger partial charge in [-0.2, -0.15) is 0 Å². The van der Waals surface area contributed by atoms with Gasteiger partial charge in [-0.1, -0.05) is 152 Å².